The minimum Gasteiger partial charge on any atom is -0.372 e. The zero-order chi connectivity index (χ0) is 13.1. The minimum absolute atomic E-state index is 0.0143. The van der Waals surface area contributed by atoms with E-state index >= 15 is 0 Å². The maximum absolute atomic E-state index is 12.3. The molecule has 0 bridgehead atoms. The number of hydrogen-bond acceptors (Lipinski definition) is 5. The van der Waals surface area contributed by atoms with Gasteiger partial charge in [0.25, 0.3) is 5.91 Å². The molecule has 0 aliphatic carbocycles. The quantitative estimate of drug-likeness (QED) is 0.896. The topological polar surface area (TPSA) is 68.5 Å². The molecule has 1 fully saturated rings. The van der Waals surface area contributed by atoms with Crippen molar-refractivity contribution in [3.63, 3.8) is 0 Å². The molecule has 2 heterocycles. The van der Waals surface area contributed by atoms with Gasteiger partial charge in [-0.15, -0.1) is 11.3 Å². The Balaban J connectivity index is 2.07. The van der Waals surface area contributed by atoms with Gasteiger partial charge >= 0.3 is 0 Å². The summed E-state index contributed by atoms with van der Waals surface area (Å²) in [4.78, 5) is 18.4. The number of carbonyl (C=O) groups excluding carboxylic acids is 1. The molecule has 2 N–H and O–H groups in total. The van der Waals surface area contributed by atoms with E-state index < -0.39 is 0 Å². The van der Waals surface area contributed by atoms with Gasteiger partial charge in [0, 0.05) is 25.0 Å². The first-order valence-electron chi connectivity index (χ1n) is 6.23. The van der Waals surface area contributed by atoms with Crippen LogP contribution in [0.15, 0.2) is 5.38 Å². The lowest BCUT2D eigenvalue weighted by Crippen LogP contribution is -2.49. The van der Waals surface area contributed by atoms with E-state index in [1.807, 2.05) is 11.8 Å². The molecular weight excluding hydrogens is 250 g/mol. The third kappa shape index (κ3) is 2.88. The van der Waals surface area contributed by atoms with Crippen molar-refractivity contribution in [1.29, 1.82) is 0 Å². The normalized spacial score (nSPS) is 24.3. The van der Waals surface area contributed by atoms with Gasteiger partial charge in [-0.2, -0.15) is 0 Å². The van der Waals surface area contributed by atoms with Crippen molar-refractivity contribution in [2.24, 2.45) is 5.73 Å². The highest BCUT2D eigenvalue weighted by atomic mass is 32.1. The summed E-state index contributed by atoms with van der Waals surface area (Å²) < 4.78 is 5.75. The van der Waals surface area contributed by atoms with E-state index in [0.717, 1.165) is 11.4 Å². The van der Waals surface area contributed by atoms with Crippen LogP contribution in [0.5, 0.6) is 0 Å². The molecule has 100 valence electrons. The fraction of sp³-hybridized carbons (Fsp3) is 0.667. The molecule has 0 unspecified atom stereocenters. The van der Waals surface area contributed by atoms with Crippen molar-refractivity contribution >= 4 is 17.2 Å². The van der Waals surface area contributed by atoms with Crippen LogP contribution in [-0.2, 0) is 11.3 Å². The SMILES string of the molecule is CC[C@H]1CN(C(=O)c2csc(CN)n2)C[C@@H](C)O1. The number of carbonyl (C=O) groups is 1. The molecule has 5 nitrogen and oxygen atoms in total. The number of hydrogen-bond donors (Lipinski definition) is 1. The Bertz CT molecular complexity index is 421. The van der Waals surface area contributed by atoms with Crippen molar-refractivity contribution < 1.29 is 9.53 Å². The molecule has 6 heteroatoms. The smallest absolute Gasteiger partial charge is 0.273 e. The molecule has 0 saturated carbocycles. The third-order valence-electron chi connectivity index (χ3n) is 3.01. The molecule has 1 aromatic heterocycles. The zero-order valence-corrected chi connectivity index (χ0v) is 11.6. The lowest BCUT2D eigenvalue weighted by Gasteiger charge is -2.36. The van der Waals surface area contributed by atoms with E-state index in [-0.39, 0.29) is 18.1 Å². The fourth-order valence-electron chi connectivity index (χ4n) is 2.10. The van der Waals surface area contributed by atoms with Crippen molar-refractivity contribution in [2.45, 2.75) is 39.0 Å². The molecular formula is C12H19N3O2S. The predicted octanol–water partition coefficient (Wildman–Crippen LogP) is 1.24. The largest absolute Gasteiger partial charge is 0.372 e. The first kappa shape index (κ1) is 13.5. The van der Waals surface area contributed by atoms with Crippen LogP contribution in [0.1, 0.15) is 35.8 Å². The first-order valence-corrected chi connectivity index (χ1v) is 7.11. The van der Waals surface area contributed by atoms with E-state index in [0.29, 0.717) is 25.3 Å². The second kappa shape index (κ2) is 5.77. The number of morpholine rings is 1. The Morgan fingerprint density at radius 2 is 2.44 bits per heavy atom. The standard InChI is InChI=1S/C12H19N3O2S/c1-3-9-6-15(5-8(2)17-9)12(16)10-7-18-11(4-13)14-10/h7-9H,3-6,13H2,1-2H3/t8-,9+/m1/s1. The number of amides is 1. The van der Waals surface area contributed by atoms with Crippen LogP contribution in [-0.4, -0.2) is 41.1 Å². The van der Waals surface area contributed by atoms with E-state index in [1.54, 1.807) is 5.38 Å². The fourth-order valence-corrected chi connectivity index (χ4v) is 2.75. The van der Waals surface area contributed by atoms with Gasteiger partial charge in [0.1, 0.15) is 10.7 Å². The minimum atomic E-state index is -0.0143. The van der Waals surface area contributed by atoms with Crippen molar-refractivity contribution in [3.8, 4) is 0 Å². The van der Waals surface area contributed by atoms with Crippen molar-refractivity contribution in [2.75, 3.05) is 13.1 Å². The Hall–Kier alpha value is -0.980. The predicted molar refractivity (Wildman–Crippen MR) is 70.5 cm³/mol. The molecule has 0 spiro atoms. The molecule has 1 amide bonds. The highest BCUT2D eigenvalue weighted by Gasteiger charge is 2.28. The average molecular weight is 269 g/mol. The molecule has 2 rings (SSSR count). The van der Waals surface area contributed by atoms with Gasteiger partial charge in [0.2, 0.25) is 0 Å². The van der Waals surface area contributed by atoms with Gasteiger partial charge in [0.15, 0.2) is 0 Å². The van der Waals surface area contributed by atoms with Crippen LogP contribution in [0.25, 0.3) is 0 Å². The Kier molecular flexibility index (Phi) is 4.31. The van der Waals surface area contributed by atoms with E-state index in [9.17, 15) is 4.79 Å². The molecule has 1 aromatic rings. The number of ether oxygens (including phenoxy) is 1. The molecule has 0 aromatic carbocycles. The number of aromatic nitrogens is 1. The second-order valence-corrected chi connectivity index (χ2v) is 5.46. The molecule has 1 aliphatic rings. The Labute approximate surface area is 111 Å². The van der Waals surface area contributed by atoms with Gasteiger partial charge < -0.3 is 15.4 Å². The van der Waals surface area contributed by atoms with Gasteiger partial charge in [-0.3, -0.25) is 4.79 Å². The lowest BCUT2D eigenvalue weighted by molar-refractivity contribution is -0.0682. The summed E-state index contributed by atoms with van der Waals surface area (Å²) in [7, 11) is 0. The van der Waals surface area contributed by atoms with Crippen LogP contribution < -0.4 is 5.73 Å². The zero-order valence-electron chi connectivity index (χ0n) is 10.8. The second-order valence-electron chi connectivity index (χ2n) is 4.52. The van der Waals surface area contributed by atoms with E-state index in [4.69, 9.17) is 10.5 Å². The average Bonchev–Trinajstić information content (AvgIpc) is 2.85. The Morgan fingerprint density at radius 1 is 1.67 bits per heavy atom. The van der Waals surface area contributed by atoms with Crippen molar-refractivity contribution in [3.05, 3.63) is 16.1 Å². The van der Waals surface area contributed by atoms with Crippen LogP contribution in [0.3, 0.4) is 0 Å². The van der Waals surface area contributed by atoms with Gasteiger partial charge in [0.05, 0.1) is 12.2 Å². The van der Waals surface area contributed by atoms with Crippen LogP contribution in [0, 0.1) is 0 Å². The number of nitrogens with two attached hydrogens (primary N) is 1. The number of nitrogens with zero attached hydrogens (tertiary/aromatic N) is 2. The van der Waals surface area contributed by atoms with Crippen LogP contribution >= 0.6 is 11.3 Å². The maximum atomic E-state index is 12.3. The lowest BCUT2D eigenvalue weighted by atomic mass is 10.1. The van der Waals surface area contributed by atoms with Gasteiger partial charge in [-0.05, 0) is 13.3 Å². The molecule has 0 radical (unpaired) electrons. The highest BCUT2D eigenvalue weighted by molar-refractivity contribution is 7.09. The maximum Gasteiger partial charge on any atom is 0.273 e. The van der Waals surface area contributed by atoms with E-state index in [1.165, 1.54) is 11.3 Å². The van der Waals surface area contributed by atoms with Gasteiger partial charge in [-0.25, -0.2) is 4.98 Å². The molecule has 1 saturated heterocycles. The summed E-state index contributed by atoms with van der Waals surface area (Å²) in [5, 5.41) is 2.58. The van der Waals surface area contributed by atoms with Crippen LogP contribution in [0.4, 0.5) is 0 Å². The third-order valence-corrected chi connectivity index (χ3v) is 3.89. The monoisotopic (exact) mass is 269 g/mol. The summed E-state index contributed by atoms with van der Waals surface area (Å²) in [5.74, 6) is -0.0143. The summed E-state index contributed by atoms with van der Waals surface area (Å²) in [6, 6.07) is 0. The van der Waals surface area contributed by atoms with Crippen molar-refractivity contribution in [1.82, 2.24) is 9.88 Å². The van der Waals surface area contributed by atoms with Gasteiger partial charge in [-0.1, -0.05) is 6.92 Å². The van der Waals surface area contributed by atoms with Crippen LogP contribution in [0.2, 0.25) is 0 Å². The summed E-state index contributed by atoms with van der Waals surface area (Å²) in [6.07, 6.45) is 1.13. The summed E-state index contributed by atoms with van der Waals surface area (Å²) >= 11 is 1.43. The molecule has 1 aliphatic heterocycles. The number of thiazole rings is 1. The molecule has 2 atom stereocenters. The Morgan fingerprint density at radius 3 is 3.06 bits per heavy atom. The summed E-state index contributed by atoms with van der Waals surface area (Å²) in [6.45, 7) is 5.73. The van der Waals surface area contributed by atoms with E-state index in [2.05, 4.69) is 11.9 Å². The first-order chi connectivity index (χ1) is 8.63. The molecule has 18 heavy (non-hydrogen) atoms. The number of rotatable bonds is 3. The highest BCUT2D eigenvalue weighted by Crippen LogP contribution is 2.17. The summed E-state index contributed by atoms with van der Waals surface area (Å²) in [5.41, 5.74) is 6.01.